The largest absolute Gasteiger partial charge is 0.456 e. The summed E-state index contributed by atoms with van der Waals surface area (Å²) in [6, 6.07) is 3.47. The summed E-state index contributed by atoms with van der Waals surface area (Å²) in [5, 5.41) is 4.12. The molecule has 120 valence electrons. The van der Waals surface area contributed by atoms with Crippen molar-refractivity contribution in [1.29, 1.82) is 0 Å². The van der Waals surface area contributed by atoms with Gasteiger partial charge in [0.25, 0.3) is 5.91 Å². The molecule has 2 atom stereocenters. The molecular formula is C16H18N4O3. The van der Waals surface area contributed by atoms with Crippen molar-refractivity contribution in [1.82, 2.24) is 14.7 Å². The highest BCUT2D eigenvalue weighted by Gasteiger charge is 2.48. The molecule has 2 aromatic heterocycles. The number of likely N-dealkylation sites (tertiary alicyclic amines) is 1. The van der Waals surface area contributed by atoms with Crippen molar-refractivity contribution in [3.63, 3.8) is 0 Å². The number of nitrogens with zero attached hydrogens (tertiary/aromatic N) is 4. The summed E-state index contributed by atoms with van der Waals surface area (Å²) in [5.74, 6) is 1.05. The van der Waals surface area contributed by atoms with Gasteiger partial charge in [0.15, 0.2) is 5.76 Å². The molecule has 7 heteroatoms. The van der Waals surface area contributed by atoms with Gasteiger partial charge < -0.3 is 14.2 Å². The number of aryl methyl sites for hydroxylation is 2. The maximum atomic E-state index is 12.6. The quantitative estimate of drug-likeness (QED) is 0.831. The molecule has 0 unspecified atom stereocenters. The maximum absolute atomic E-state index is 12.6. The zero-order chi connectivity index (χ0) is 16.1. The molecule has 0 saturated carbocycles. The molecule has 2 saturated heterocycles. The monoisotopic (exact) mass is 314 g/mol. The van der Waals surface area contributed by atoms with Crippen molar-refractivity contribution in [2.75, 3.05) is 24.5 Å². The minimum atomic E-state index is -0.131. The van der Waals surface area contributed by atoms with E-state index in [0.717, 1.165) is 5.69 Å². The fraction of sp³-hybridized carbons (Fsp3) is 0.438. The lowest BCUT2D eigenvalue weighted by Crippen LogP contribution is -2.35. The normalized spacial score (nSPS) is 23.7. The minimum absolute atomic E-state index is 0.0777. The van der Waals surface area contributed by atoms with Gasteiger partial charge in [-0.05, 0) is 19.1 Å². The Labute approximate surface area is 133 Å². The number of rotatable bonds is 2. The first kappa shape index (κ1) is 14.0. The van der Waals surface area contributed by atoms with Crippen LogP contribution in [-0.4, -0.2) is 46.1 Å². The number of hydrogen-bond acceptors (Lipinski definition) is 4. The highest BCUT2D eigenvalue weighted by Crippen LogP contribution is 2.35. The van der Waals surface area contributed by atoms with E-state index in [-0.39, 0.29) is 23.7 Å². The van der Waals surface area contributed by atoms with Crippen LogP contribution in [0.15, 0.2) is 28.9 Å². The third-order valence-corrected chi connectivity index (χ3v) is 4.68. The van der Waals surface area contributed by atoms with Crippen LogP contribution in [0.1, 0.15) is 16.3 Å². The lowest BCUT2D eigenvalue weighted by molar-refractivity contribution is -0.120. The fourth-order valence-corrected chi connectivity index (χ4v) is 3.51. The van der Waals surface area contributed by atoms with Gasteiger partial charge in [-0.2, -0.15) is 5.10 Å². The van der Waals surface area contributed by atoms with E-state index in [2.05, 4.69) is 5.10 Å². The Balaban J connectivity index is 1.48. The van der Waals surface area contributed by atoms with E-state index < -0.39 is 0 Å². The van der Waals surface area contributed by atoms with Crippen molar-refractivity contribution in [3.8, 4) is 0 Å². The molecule has 0 spiro atoms. The van der Waals surface area contributed by atoms with Crippen LogP contribution in [0.25, 0.3) is 0 Å². The van der Waals surface area contributed by atoms with Crippen LogP contribution in [0.5, 0.6) is 0 Å². The van der Waals surface area contributed by atoms with Crippen molar-refractivity contribution in [2.45, 2.75) is 6.92 Å². The summed E-state index contributed by atoms with van der Waals surface area (Å²) in [7, 11) is 1.83. The number of hydrogen-bond donors (Lipinski definition) is 0. The molecule has 0 N–H and O–H groups in total. The van der Waals surface area contributed by atoms with Gasteiger partial charge in [0.2, 0.25) is 5.91 Å². The van der Waals surface area contributed by atoms with E-state index in [1.54, 1.807) is 32.8 Å². The summed E-state index contributed by atoms with van der Waals surface area (Å²) in [6.07, 6.45) is 3.54. The smallest absolute Gasteiger partial charge is 0.289 e. The molecule has 23 heavy (non-hydrogen) atoms. The number of anilines is 1. The zero-order valence-electron chi connectivity index (χ0n) is 13.1. The molecule has 7 nitrogen and oxygen atoms in total. The van der Waals surface area contributed by atoms with Gasteiger partial charge in [-0.1, -0.05) is 0 Å². The molecule has 0 bridgehead atoms. The van der Waals surface area contributed by atoms with Crippen LogP contribution < -0.4 is 4.90 Å². The van der Waals surface area contributed by atoms with Gasteiger partial charge in [0, 0.05) is 38.8 Å². The lowest BCUT2D eigenvalue weighted by Gasteiger charge is -2.20. The number of amides is 2. The van der Waals surface area contributed by atoms with E-state index in [4.69, 9.17) is 4.42 Å². The number of furan rings is 1. The van der Waals surface area contributed by atoms with Crippen molar-refractivity contribution < 1.29 is 14.0 Å². The molecule has 4 rings (SSSR count). The number of carbonyl (C=O) groups excluding carboxylic acids is 2. The Morgan fingerprint density at radius 2 is 2.13 bits per heavy atom. The fourth-order valence-electron chi connectivity index (χ4n) is 3.51. The predicted octanol–water partition coefficient (Wildman–Crippen LogP) is 1.06. The van der Waals surface area contributed by atoms with E-state index in [0.29, 0.717) is 31.2 Å². The Morgan fingerprint density at radius 3 is 2.74 bits per heavy atom. The zero-order valence-corrected chi connectivity index (χ0v) is 13.1. The molecule has 4 heterocycles. The lowest BCUT2D eigenvalue weighted by atomic mass is 10.0. The first-order chi connectivity index (χ1) is 11.0. The summed E-state index contributed by atoms with van der Waals surface area (Å²) < 4.78 is 7.09. The summed E-state index contributed by atoms with van der Waals surface area (Å²) in [6.45, 7) is 3.49. The van der Waals surface area contributed by atoms with Gasteiger partial charge >= 0.3 is 0 Å². The molecule has 2 aliphatic heterocycles. The number of fused-ring (bicyclic) bond motifs is 1. The van der Waals surface area contributed by atoms with Crippen LogP contribution in [0.4, 0.5) is 5.69 Å². The van der Waals surface area contributed by atoms with E-state index >= 15 is 0 Å². The number of aromatic nitrogens is 2. The summed E-state index contributed by atoms with van der Waals surface area (Å²) >= 11 is 0. The first-order valence-electron chi connectivity index (χ1n) is 7.68. The van der Waals surface area contributed by atoms with Crippen LogP contribution >= 0.6 is 0 Å². The van der Waals surface area contributed by atoms with E-state index in [1.807, 2.05) is 20.2 Å². The molecule has 2 fully saturated rings. The Hall–Kier alpha value is -2.57. The molecular weight excluding hydrogens is 296 g/mol. The van der Waals surface area contributed by atoms with Gasteiger partial charge in [-0.3, -0.25) is 14.3 Å². The van der Waals surface area contributed by atoms with Gasteiger partial charge in [-0.25, -0.2) is 0 Å². The summed E-state index contributed by atoms with van der Waals surface area (Å²) in [4.78, 5) is 28.6. The van der Waals surface area contributed by atoms with Gasteiger partial charge in [0.1, 0.15) is 5.76 Å². The summed E-state index contributed by atoms with van der Waals surface area (Å²) in [5.41, 5.74) is 0.825. The Kier molecular flexibility index (Phi) is 3.04. The van der Waals surface area contributed by atoms with Crippen molar-refractivity contribution in [3.05, 3.63) is 36.0 Å². The van der Waals surface area contributed by atoms with E-state index in [1.165, 1.54) is 0 Å². The molecule has 2 aliphatic rings. The average molecular weight is 314 g/mol. The topological polar surface area (TPSA) is 71.6 Å². The standard InChI is InChI=1S/C16H18N4O3/c1-10-3-4-14(23-10)16(22)19-6-11-7-20(15(21)13(11)9-19)12-5-17-18(2)8-12/h3-5,8,11,13H,6-7,9H2,1-2H3/t11-,13-/m0/s1. The molecule has 0 radical (unpaired) electrons. The van der Waals surface area contributed by atoms with E-state index in [9.17, 15) is 9.59 Å². The molecule has 2 amide bonds. The molecule has 2 aromatic rings. The molecule has 0 aliphatic carbocycles. The average Bonchev–Trinajstić information content (AvgIpc) is 3.25. The third kappa shape index (κ3) is 2.23. The minimum Gasteiger partial charge on any atom is -0.456 e. The Bertz CT molecular complexity index is 778. The van der Waals surface area contributed by atoms with Gasteiger partial charge in [-0.15, -0.1) is 0 Å². The second-order valence-corrected chi connectivity index (χ2v) is 6.31. The Morgan fingerprint density at radius 1 is 1.30 bits per heavy atom. The van der Waals surface area contributed by atoms with Crippen LogP contribution in [-0.2, 0) is 11.8 Å². The highest BCUT2D eigenvalue weighted by molar-refractivity contribution is 5.99. The third-order valence-electron chi connectivity index (χ3n) is 4.68. The second kappa shape index (κ2) is 4.97. The maximum Gasteiger partial charge on any atom is 0.289 e. The van der Waals surface area contributed by atoms with Crippen molar-refractivity contribution in [2.24, 2.45) is 18.9 Å². The number of carbonyl (C=O) groups is 2. The highest BCUT2D eigenvalue weighted by atomic mass is 16.3. The van der Waals surface area contributed by atoms with Crippen LogP contribution in [0.3, 0.4) is 0 Å². The predicted molar refractivity (Wildman–Crippen MR) is 81.9 cm³/mol. The van der Waals surface area contributed by atoms with Crippen LogP contribution in [0, 0.1) is 18.8 Å². The first-order valence-corrected chi connectivity index (χ1v) is 7.68. The van der Waals surface area contributed by atoms with Gasteiger partial charge in [0.05, 0.1) is 17.8 Å². The van der Waals surface area contributed by atoms with Crippen molar-refractivity contribution >= 4 is 17.5 Å². The molecule has 0 aromatic carbocycles. The SMILES string of the molecule is Cc1ccc(C(=O)N2C[C@H]3CN(c4cnn(C)c4)C(=O)[C@H]3C2)o1. The van der Waals surface area contributed by atoms with Crippen LogP contribution in [0.2, 0.25) is 0 Å². The second-order valence-electron chi connectivity index (χ2n) is 6.31.